The third kappa shape index (κ3) is 2.80. The molecule has 2 N–H and O–H groups in total. The Balaban J connectivity index is 1.60. The van der Waals surface area contributed by atoms with E-state index in [0.29, 0.717) is 17.4 Å². The Bertz CT molecular complexity index is 573. The average Bonchev–Trinajstić information content (AvgIpc) is 3.14. The van der Waals surface area contributed by atoms with Gasteiger partial charge in [0.05, 0.1) is 5.69 Å². The molecular weight excluding hydrogens is 286 g/mol. The maximum atomic E-state index is 5.98. The van der Waals surface area contributed by atoms with E-state index in [0.717, 1.165) is 31.2 Å². The van der Waals surface area contributed by atoms with E-state index in [9.17, 15) is 0 Å². The van der Waals surface area contributed by atoms with Gasteiger partial charge in [0.25, 0.3) is 0 Å². The first-order chi connectivity index (χ1) is 11.0. The fraction of sp³-hybridized carbons (Fsp3) is 0.778. The van der Waals surface area contributed by atoms with Crippen molar-refractivity contribution in [2.45, 2.75) is 56.9 Å². The molecule has 1 aromatic rings. The monoisotopic (exact) mass is 315 g/mol. The third-order valence-electron chi connectivity index (χ3n) is 6.14. The van der Waals surface area contributed by atoms with Gasteiger partial charge in [0.15, 0.2) is 0 Å². The summed E-state index contributed by atoms with van der Waals surface area (Å²) in [5.41, 5.74) is 7.74. The van der Waals surface area contributed by atoms with Crippen molar-refractivity contribution in [2.24, 2.45) is 11.1 Å². The Labute approximate surface area is 139 Å². The molecule has 1 saturated heterocycles. The van der Waals surface area contributed by atoms with Gasteiger partial charge in [0.2, 0.25) is 5.95 Å². The van der Waals surface area contributed by atoms with Gasteiger partial charge in [-0.1, -0.05) is 12.8 Å². The van der Waals surface area contributed by atoms with Crippen molar-refractivity contribution in [1.82, 2.24) is 9.97 Å². The molecule has 0 atom stereocenters. The Morgan fingerprint density at radius 2 is 1.91 bits per heavy atom. The normalized spacial score (nSPS) is 29.1. The van der Waals surface area contributed by atoms with E-state index in [1.54, 1.807) is 0 Å². The van der Waals surface area contributed by atoms with E-state index in [-0.39, 0.29) is 0 Å². The minimum absolute atomic E-state index is 0.356. The maximum Gasteiger partial charge on any atom is 0.227 e. The fourth-order valence-corrected chi connectivity index (χ4v) is 4.58. The standard InChI is InChI=1S/C18H29N5/c1-22(2)17-20-15(13-9-14(19)10-13)11-16(21-17)23-8-7-18(12-23)5-3-4-6-18/h11,13-14H,3-10,12,19H2,1-2H3. The topological polar surface area (TPSA) is 58.3 Å². The number of anilines is 2. The highest BCUT2D eigenvalue weighted by Crippen LogP contribution is 2.46. The van der Waals surface area contributed by atoms with Crippen molar-refractivity contribution in [3.63, 3.8) is 0 Å². The van der Waals surface area contributed by atoms with Gasteiger partial charge < -0.3 is 15.5 Å². The number of rotatable bonds is 3. The van der Waals surface area contributed by atoms with Crippen LogP contribution in [0.3, 0.4) is 0 Å². The lowest BCUT2D eigenvalue weighted by atomic mass is 9.78. The summed E-state index contributed by atoms with van der Waals surface area (Å²) in [6.07, 6.45) is 9.08. The van der Waals surface area contributed by atoms with E-state index in [1.165, 1.54) is 44.3 Å². The molecule has 3 aliphatic rings. The zero-order valence-electron chi connectivity index (χ0n) is 14.5. The lowest BCUT2D eigenvalue weighted by Crippen LogP contribution is -2.35. The molecule has 1 spiro atoms. The molecule has 0 aromatic carbocycles. The van der Waals surface area contributed by atoms with Crippen molar-refractivity contribution in [3.05, 3.63) is 11.8 Å². The molecule has 2 heterocycles. The molecule has 0 amide bonds. The number of nitrogens with two attached hydrogens (primary N) is 1. The number of aromatic nitrogens is 2. The summed E-state index contributed by atoms with van der Waals surface area (Å²) in [7, 11) is 4.05. The Kier molecular flexibility index (Phi) is 3.71. The molecule has 5 heteroatoms. The van der Waals surface area contributed by atoms with Crippen molar-refractivity contribution in [2.75, 3.05) is 37.0 Å². The van der Waals surface area contributed by atoms with Gasteiger partial charge in [-0.15, -0.1) is 0 Å². The molecule has 5 nitrogen and oxygen atoms in total. The van der Waals surface area contributed by atoms with Crippen LogP contribution in [0.2, 0.25) is 0 Å². The largest absolute Gasteiger partial charge is 0.356 e. The summed E-state index contributed by atoms with van der Waals surface area (Å²) in [5.74, 6) is 2.49. The Morgan fingerprint density at radius 1 is 1.17 bits per heavy atom. The first-order valence-corrected chi connectivity index (χ1v) is 9.12. The van der Waals surface area contributed by atoms with Gasteiger partial charge in [0.1, 0.15) is 5.82 Å². The summed E-state index contributed by atoms with van der Waals surface area (Å²) in [5, 5.41) is 0. The van der Waals surface area contributed by atoms with Crippen LogP contribution in [0.15, 0.2) is 6.07 Å². The van der Waals surface area contributed by atoms with Gasteiger partial charge in [-0.05, 0) is 37.5 Å². The van der Waals surface area contributed by atoms with Crippen LogP contribution in [0.1, 0.15) is 56.6 Å². The van der Waals surface area contributed by atoms with Crippen molar-refractivity contribution >= 4 is 11.8 Å². The van der Waals surface area contributed by atoms with Crippen LogP contribution in [0.5, 0.6) is 0 Å². The third-order valence-corrected chi connectivity index (χ3v) is 6.14. The quantitative estimate of drug-likeness (QED) is 0.929. The van der Waals surface area contributed by atoms with E-state index in [1.807, 2.05) is 19.0 Å². The van der Waals surface area contributed by atoms with Crippen LogP contribution in [0.25, 0.3) is 0 Å². The second-order valence-corrected chi connectivity index (χ2v) is 8.15. The van der Waals surface area contributed by atoms with Gasteiger partial charge in [-0.25, -0.2) is 4.98 Å². The lowest BCUT2D eigenvalue weighted by molar-refractivity contribution is 0.340. The molecule has 2 saturated carbocycles. The van der Waals surface area contributed by atoms with Crippen LogP contribution in [-0.2, 0) is 0 Å². The molecule has 0 unspecified atom stereocenters. The van der Waals surface area contributed by atoms with Crippen molar-refractivity contribution in [3.8, 4) is 0 Å². The molecule has 1 aromatic heterocycles. The van der Waals surface area contributed by atoms with Gasteiger partial charge in [-0.2, -0.15) is 4.98 Å². The zero-order chi connectivity index (χ0) is 16.0. The van der Waals surface area contributed by atoms with E-state index < -0.39 is 0 Å². The molecule has 0 radical (unpaired) electrons. The fourth-order valence-electron chi connectivity index (χ4n) is 4.58. The van der Waals surface area contributed by atoms with E-state index >= 15 is 0 Å². The van der Waals surface area contributed by atoms with Gasteiger partial charge in [-0.3, -0.25) is 0 Å². The van der Waals surface area contributed by atoms with Gasteiger partial charge >= 0.3 is 0 Å². The average molecular weight is 315 g/mol. The second kappa shape index (κ2) is 5.62. The smallest absolute Gasteiger partial charge is 0.227 e. The summed E-state index contributed by atoms with van der Waals surface area (Å²) in [6, 6.07) is 2.59. The van der Waals surface area contributed by atoms with Crippen LogP contribution >= 0.6 is 0 Å². The highest BCUT2D eigenvalue weighted by atomic mass is 15.3. The first kappa shape index (κ1) is 15.2. The SMILES string of the molecule is CN(C)c1nc(C2CC(N)C2)cc(N2CCC3(CCCC3)C2)n1. The summed E-state index contributed by atoms with van der Waals surface area (Å²) >= 11 is 0. The maximum absolute atomic E-state index is 5.98. The van der Waals surface area contributed by atoms with Crippen LogP contribution in [-0.4, -0.2) is 43.2 Å². The predicted octanol–water partition coefficient (Wildman–Crippen LogP) is 2.52. The Hall–Kier alpha value is -1.36. The van der Waals surface area contributed by atoms with Crippen LogP contribution < -0.4 is 15.5 Å². The minimum atomic E-state index is 0.356. The minimum Gasteiger partial charge on any atom is -0.356 e. The van der Waals surface area contributed by atoms with Gasteiger partial charge in [0, 0.05) is 45.2 Å². The summed E-state index contributed by atoms with van der Waals surface area (Å²) in [6.45, 7) is 2.33. The molecule has 4 rings (SSSR count). The lowest BCUT2D eigenvalue weighted by Gasteiger charge is -2.33. The number of hydrogen-bond donors (Lipinski definition) is 1. The number of nitrogens with zero attached hydrogens (tertiary/aromatic N) is 4. The highest BCUT2D eigenvalue weighted by molar-refractivity contribution is 5.48. The molecule has 1 aliphatic heterocycles. The molecule has 0 bridgehead atoms. The van der Waals surface area contributed by atoms with Crippen LogP contribution in [0.4, 0.5) is 11.8 Å². The second-order valence-electron chi connectivity index (χ2n) is 8.15. The molecule has 23 heavy (non-hydrogen) atoms. The molecule has 126 valence electrons. The molecular formula is C18H29N5. The molecule has 3 fully saturated rings. The molecule has 2 aliphatic carbocycles. The highest BCUT2D eigenvalue weighted by Gasteiger charge is 2.41. The van der Waals surface area contributed by atoms with E-state index in [2.05, 4.69) is 11.0 Å². The Morgan fingerprint density at radius 3 is 2.57 bits per heavy atom. The number of hydrogen-bond acceptors (Lipinski definition) is 5. The van der Waals surface area contributed by atoms with Crippen LogP contribution in [0, 0.1) is 5.41 Å². The zero-order valence-corrected chi connectivity index (χ0v) is 14.5. The predicted molar refractivity (Wildman–Crippen MR) is 94.0 cm³/mol. The first-order valence-electron chi connectivity index (χ1n) is 9.12. The summed E-state index contributed by atoms with van der Waals surface area (Å²) in [4.78, 5) is 14.1. The van der Waals surface area contributed by atoms with E-state index in [4.69, 9.17) is 15.7 Å². The summed E-state index contributed by atoms with van der Waals surface area (Å²) < 4.78 is 0. The van der Waals surface area contributed by atoms with Crippen molar-refractivity contribution in [1.29, 1.82) is 0 Å². The van der Waals surface area contributed by atoms with Crippen molar-refractivity contribution < 1.29 is 0 Å².